The minimum absolute atomic E-state index is 0. The number of rotatable bonds is 4. The number of piperidine rings is 1. The second-order valence-electron chi connectivity index (χ2n) is 5.54. The van der Waals surface area contributed by atoms with Crippen LogP contribution in [0, 0.1) is 16.0 Å². The van der Waals surface area contributed by atoms with Crippen molar-refractivity contribution in [3.63, 3.8) is 0 Å². The zero-order valence-corrected chi connectivity index (χ0v) is 13.6. The lowest BCUT2D eigenvalue weighted by Gasteiger charge is -2.34. The van der Waals surface area contributed by atoms with Crippen LogP contribution in [0.3, 0.4) is 0 Å². The molecule has 1 heterocycles. The number of nitrogens with two attached hydrogens (primary N) is 1. The van der Waals surface area contributed by atoms with Crippen molar-refractivity contribution in [3.8, 4) is 0 Å². The molecule has 1 aliphatic rings. The lowest BCUT2D eigenvalue weighted by atomic mass is 9.92. The average Bonchev–Trinajstić information content (AvgIpc) is 2.38. The van der Waals surface area contributed by atoms with Crippen molar-refractivity contribution in [2.45, 2.75) is 32.4 Å². The van der Waals surface area contributed by atoms with Crippen LogP contribution < -0.4 is 5.73 Å². The lowest BCUT2D eigenvalue weighted by molar-refractivity contribution is -0.384. The van der Waals surface area contributed by atoms with E-state index in [4.69, 9.17) is 17.3 Å². The fourth-order valence-electron chi connectivity index (χ4n) is 2.72. The summed E-state index contributed by atoms with van der Waals surface area (Å²) in [4.78, 5) is 12.6. The lowest BCUT2D eigenvalue weighted by Crippen LogP contribution is -2.41. The van der Waals surface area contributed by atoms with E-state index in [2.05, 4.69) is 11.8 Å². The third kappa shape index (κ3) is 4.81. The Hall–Kier alpha value is -0.880. The summed E-state index contributed by atoms with van der Waals surface area (Å²) < 4.78 is 0. The number of nitrogens with zero attached hydrogens (tertiary/aromatic N) is 2. The highest BCUT2D eigenvalue weighted by molar-refractivity contribution is 6.32. The fraction of sp³-hybridized carbons (Fsp3) is 0.571. The van der Waals surface area contributed by atoms with Crippen LogP contribution in [-0.2, 0) is 6.54 Å². The van der Waals surface area contributed by atoms with Gasteiger partial charge in [0.15, 0.2) is 0 Å². The predicted molar refractivity (Wildman–Crippen MR) is 87.0 cm³/mol. The van der Waals surface area contributed by atoms with Gasteiger partial charge in [-0.2, -0.15) is 0 Å². The topological polar surface area (TPSA) is 72.4 Å². The summed E-state index contributed by atoms with van der Waals surface area (Å²) in [5, 5.41) is 10.9. The van der Waals surface area contributed by atoms with Crippen molar-refractivity contribution in [1.29, 1.82) is 0 Å². The van der Waals surface area contributed by atoms with Crippen LogP contribution in [0.4, 0.5) is 5.69 Å². The van der Waals surface area contributed by atoms with Gasteiger partial charge in [0.25, 0.3) is 5.69 Å². The van der Waals surface area contributed by atoms with Gasteiger partial charge in [0.1, 0.15) is 5.02 Å². The summed E-state index contributed by atoms with van der Waals surface area (Å²) in [5.41, 5.74) is 6.94. The molecule has 0 aliphatic carbocycles. The zero-order chi connectivity index (χ0) is 14.7. The van der Waals surface area contributed by atoms with Gasteiger partial charge in [-0.1, -0.05) is 17.7 Å². The molecule has 0 bridgehead atoms. The van der Waals surface area contributed by atoms with Crippen LogP contribution in [0.1, 0.15) is 25.3 Å². The summed E-state index contributed by atoms with van der Waals surface area (Å²) in [7, 11) is 0. The number of benzene rings is 1. The minimum Gasteiger partial charge on any atom is -0.328 e. The van der Waals surface area contributed by atoms with Crippen molar-refractivity contribution in [2.75, 3.05) is 13.1 Å². The maximum absolute atomic E-state index is 10.7. The first-order valence-corrected chi connectivity index (χ1v) is 7.26. The van der Waals surface area contributed by atoms with Gasteiger partial charge in [0.05, 0.1) is 4.92 Å². The van der Waals surface area contributed by atoms with E-state index in [0.717, 1.165) is 31.6 Å². The Morgan fingerprint density at radius 3 is 2.86 bits per heavy atom. The third-order valence-electron chi connectivity index (χ3n) is 3.90. The van der Waals surface area contributed by atoms with Gasteiger partial charge in [0, 0.05) is 25.2 Å². The Morgan fingerprint density at radius 2 is 2.29 bits per heavy atom. The van der Waals surface area contributed by atoms with Gasteiger partial charge >= 0.3 is 0 Å². The Balaban J connectivity index is 0.00000220. The average molecular weight is 334 g/mol. The highest BCUT2D eigenvalue weighted by atomic mass is 35.5. The molecule has 0 spiro atoms. The second-order valence-corrected chi connectivity index (χ2v) is 5.95. The van der Waals surface area contributed by atoms with Crippen LogP contribution in [-0.4, -0.2) is 29.0 Å². The van der Waals surface area contributed by atoms with Crippen LogP contribution in [0.25, 0.3) is 0 Å². The Kier molecular flexibility index (Phi) is 6.87. The smallest absolute Gasteiger partial charge is 0.287 e. The van der Waals surface area contributed by atoms with E-state index in [-0.39, 0.29) is 29.2 Å². The first kappa shape index (κ1) is 18.2. The molecular formula is C14H21Cl2N3O2. The quantitative estimate of drug-likeness (QED) is 0.678. The van der Waals surface area contributed by atoms with E-state index in [9.17, 15) is 10.1 Å². The molecule has 118 valence electrons. The van der Waals surface area contributed by atoms with E-state index in [1.54, 1.807) is 12.1 Å². The first-order valence-electron chi connectivity index (χ1n) is 6.88. The summed E-state index contributed by atoms with van der Waals surface area (Å²) in [6.07, 6.45) is 2.32. The monoisotopic (exact) mass is 333 g/mol. The first-order chi connectivity index (χ1) is 9.47. The number of likely N-dealkylation sites (tertiary alicyclic amines) is 1. The molecule has 2 rings (SSSR count). The molecular weight excluding hydrogens is 313 g/mol. The van der Waals surface area contributed by atoms with E-state index in [1.165, 1.54) is 12.5 Å². The molecule has 1 saturated heterocycles. The molecule has 1 aromatic carbocycles. The zero-order valence-electron chi connectivity index (χ0n) is 12.0. The number of halogens is 2. The summed E-state index contributed by atoms with van der Waals surface area (Å²) in [6, 6.07) is 5.15. The van der Waals surface area contributed by atoms with Crippen molar-refractivity contribution in [2.24, 2.45) is 11.7 Å². The molecule has 1 aliphatic heterocycles. The van der Waals surface area contributed by atoms with E-state index < -0.39 is 4.92 Å². The molecule has 0 radical (unpaired) electrons. The highest BCUT2D eigenvalue weighted by Gasteiger charge is 2.23. The standard InChI is InChI=1S/C14H20ClN3O2.ClH/c1-10(16)12-3-2-6-17(9-12)8-11-4-5-14(18(19)20)13(15)7-11;/h4-5,7,10,12H,2-3,6,8-9,16H2,1H3;1H. The van der Waals surface area contributed by atoms with Gasteiger partial charge in [-0.05, 0) is 43.9 Å². The van der Waals surface area contributed by atoms with Crippen LogP contribution in [0.15, 0.2) is 18.2 Å². The van der Waals surface area contributed by atoms with Gasteiger partial charge < -0.3 is 5.73 Å². The molecule has 2 atom stereocenters. The molecule has 2 N–H and O–H groups in total. The van der Waals surface area contributed by atoms with E-state index in [0.29, 0.717) is 5.92 Å². The second kappa shape index (κ2) is 7.94. The maximum atomic E-state index is 10.7. The van der Waals surface area contributed by atoms with Crippen LogP contribution in [0.5, 0.6) is 0 Å². The number of hydrogen-bond acceptors (Lipinski definition) is 4. The molecule has 0 aromatic heterocycles. The van der Waals surface area contributed by atoms with Gasteiger partial charge in [-0.25, -0.2) is 0 Å². The molecule has 0 saturated carbocycles. The van der Waals surface area contributed by atoms with Crippen molar-refractivity contribution in [1.82, 2.24) is 4.90 Å². The summed E-state index contributed by atoms with van der Waals surface area (Å²) >= 11 is 5.94. The van der Waals surface area contributed by atoms with E-state index >= 15 is 0 Å². The minimum atomic E-state index is -0.459. The van der Waals surface area contributed by atoms with Crippen molar-refractivity contribution >= 4 is 29.7 Å². The molecule has 1 aromatic rings. The fourth-order valence-corrected chi connectivity index (χ4v) is 2.99. The number of nitro benzene ring substituents is 1. The SMILES string of the molecule is CC(N)C1CCCN(Cc2ccc([N+](=O)[O-])c(Cl)c2)C1.Cl. The molecule has 2 unspecified atom stereocenters. The van der Waals surface area contributed by atoms with Crippen molar-refractivity contribution < 1.29 is 4.92 Å². The third-order valence-corrected chi connectivity index (χ3v) is 4.20. The largest absolute Gasteiger partial charge is 0.328 e. The molecule has 21 heavy (non-hydrogen) atoms. The van der Waals surface area contributed by atoms with Gasteiger partial charge in [-0.3, -0.25) is 15.0 Å². The van der Waals surface area contributed by atoms with Gasteiger partial charge in [0.2, 0.25) is 0 Å². The summed E-state index contributed by atoms with van der Waals surface area (Å²) in [5.74, 6) is 0.525. The number of hydrogen-bond donors (Lipinski definition) is 1. The van der Waals surface area contributed by atoms with Gasteiger partial charge in [-0.15, -0.1) is 12.4 Å². The highest BCUT2D eigenvalue weighted by Crippen LogP contribution is 2.26. The summed E-state index contributed by atoms with van der Waals surface area (Å²) in [6.45, 7) is 4.84. The predicted octanol–water partition coefficient (Wildman–Crippen LogP) is 3.23. The molecule has 5 nitrogen and oxygen atoms in total. The maximum Gasteiger partial charge on any atom is 0.287 e. The Bertz CT molecular complexity index is 497. The van der Waals surface area contributed by atoms with Crippen LogP contribution >= 0.6 is 24.0 Å². The molecule has 1 fully saturated rings. The number of nitro groups is 1. The van der Waals surface area contributed by atoms with E-state index in [1.807, 2.05) is 0 Å². The Morgan fingerprint density at radius 1 is 1.57 bits per heavy atom. The van der Waals surface area contributed by atoms with Crippen LogP contribution in [0.2, 0.25) is 5.02 Å². The normalized spacial score (nSPS) is 20.6. The molecule has 7 heteroatoms. The Labute approximate surface area is 136 Å². The molecule has 0 amide bonds. The van der Waals surface area contributed by atoms with Crippen molar-refractivity contribution in [3.05, 3.63) is 38.9 Å².